The molecule has 1 heterocycles. The summed E-state index contributed by atoms with van der Waals surface area (Å²) in [6, 6.07) is 8.19. The van der Waals surface area contributed by atoms with Crippen molar-refractivity contribution in [1.82, 2.24) is 0 Å². The lowest BCUT2D eigenvalue weighted by molar-refractivity contribution is -0.117. The second kappa shape index (κ2) is 3.89. The fraction of sp³-hybridized carbons (Fsp3) is 0.333. The van der Waals surface area contributed by atoms with Crippen molar-refractivity contribution in [1.29, 1.82) is 0 Å². The Hall–Kier alpha value is -0.960. The molecule has 0 saturated heterocycles. The first-order valence-corrected chi connectivity index (χ1v) is 5.65. The zero-order valence-electron chi connectivity index (χ0n) is 8.79. The highest BCUT2D eigenvalue weighted by Gasteiger charge is 2.27. The number of hydrogen-bond donors (Lipinski definition) is 0. The topological polar surface area (TPSA) is 18.5 Å². The molecule has 0 amide bonds. The molecule has 3 heteroatoms. The fourth-order valence-electron chi connectivity index (χ4n) is 1.45. The summed E-state index contributed by atoms with van der Waals surface area (Å²) in [6.07, 6.45) is 2.47. The number of hydrogen-bond acceptors (Lipinski definition) is 2. The average Bonchev–Trinajstić information content (AvgIpc) is 2.50. The summed E-state index contributed by atoms with van der Waals surface area (Å²) in [5, 5.41) is 0. The number of ether oxygens (including phenoxy) is 2. The van der Waals surface area contributed by atoms with E-state index in [0.717, 1.165) is 16.7 Å². The van der Waals surface area contributed by atoms with Gasteiger partial charge in [-0.25, -0.2) is 0 Å². The van der Waals surface area contributed by atoms with Crippen molar-refractivity contribution in [3.05, 3.63) is 46.3 Å². The molecule has 0 radical (unpaired) electrons. The second-order valence-corrected chi connectivity index (χ2v) is 4.92. The third kappa shape index (κ3) is 2.75. The summed E-state index contributed by atoms with van der Waals surface area (Å²) in [5.41, 5.74) is 1.21. The van der Waals surface area contributed by atoms with Gasteiger partial charge in [0, 0.05) is 24.7 Å². The third-order valence-corrected chi connectivity index (χ3v) is 2.67. The Morgan fingerprint density at radius 1 is 1.20 bits per heavy atom. The molecule has 0 fully saturated rings. The van der Waals surface area contributed by atoms with E-state index < -0.39 is 5.79 Å². The highest BCUT2D eigenvalue weighted by atomic mass is 79.9. The number of allylic oxidation sites excluding steroid dienone is 1. The molecule has 0 atom stereocenters. The largest absolute Gasteiger partial charge is 0.457 e. The summed E-state index contributed by atoms with van der Waals surface area (Å²) in [4.78, 5) is 0. The van der Waals surface area contributed by atoms with Gasteiger partial charge in [0.2, 0.25) is 5.79 Å². The molecule has 0 aliphatic carbocycles. The molecule has 0 saturated carbocycles. The van der Waals surface area contributed by atoms with Gasteiger partial charge in [0.25, 0.3) is 0 Å². The van der Waals surface area contributed by atoms with E-state index in [1.54, 1.807) is 6.26 Å². The Labute approximate surface area is 98.0 Å². The van der Waals surface area contributed by atoms with Crippen LogP contribution in [0.4, 0.5) is 0 Å². The van der Waals surface area contributed by atoms with Crippen molar-refractivity contribution in [3.8, 4) is 0 Å². The van der Waals surface area contributed by atoms with Crippen molar-refractivity contribution in [3.63, 3.8) is 0 Å². The fourth-order valence-corrected chi connectivity index (χ4v) is 1.72. The van der Waals surface area contributed by atoms with E-state index in [4.69, 9.17) is 9.47 Å². The summed E-state index contributed by atoms with van der Waals surface area (Å²) in [7, 11) is 0. The van der Waals surface area contributed by atoms with Crippen molar-refractivity contribution in [2.45, 2.75) is 26.1 Å². The normalized spacial score (nSPS) is 17.9. The van der Waals surface area contributed by atoms with Crippen LogP contribution >= 0.6 is 15.9 Å². The molecule has 0 spiro atoms. The lowest BCUT2D eigenvalue weighted by Crippen LogP contribution is -2.20. The zero-order chi connectivity index (χ0) is 10.9. The minimum atomic E-state index is -0.509. The minimum Gasteiger partial charge on any atom is -0.457 e. The van der Waals surface area contributed by atoms with Crippen LogP contribution in [0.1, 0.15) is 19.4 Å². The standard InChI is InChI=1S/C12H13BrO2/c1-12(2)14-8-11(15-12)7-9-3-5-10(13)6-4-9/h3-6,8H,7H2,1-2H3. The van der Waals surface area contributed by atoms with Crippen LogP contribution in [0.2, 0.25) is 0 Å². The van der Waals surface area contributed by atoms with Gasteiger partial charge in [0.15, 0.2) is 0 Å². The Morgan fingerprint density at radius 2 is 1.87 bits per heavy atom. The Bertz CT molecular complexity index is 379. The van der Waals surface area contributed by atoms with Crippen LogP contribution in [0, 0.1) is 0 Å². The van der Waals surface area contributed by atoms with E-state index >= 15 is 0 Å². The summed E-state index contributed by atoms with van der Waals surface area (Å²) in [5.74, 6) is 0.368. The lowest BCUT2D eigenvalue weighted by Gasteiger charge is -2.18. The first kappa shape index (κ1) is 10.6. The van der Waals surface area contributed by atoms with Gasteiger partial charge in [0.1, 0.15) is 12.0 Å². The van der Waals surface area contributed by atoms with Gasteiger partial charge in [-0.3, -0.25) is 0 Å². The third-order valence-electron chi connectivity index (χ3n) is 2.14. The molecule has 2 rings (SSSR count). The zero-order valence-corrected chi connectivity index (χ0v) is 10.4. The maximum absolute atomic E-state index is 5.61. The molecule has 1 aliphatic rings. The predicted molar refractivity (Wildman–Crippen MR) is 62.2 cm³/mol. The molecule has 80 valence electrons. The van der Waals surface area contributed by atoms with E-state index in [0.29, 0.717) is 0 Å². The van der Waals surface area contributed by atoms with Gasteiger partial charge >= 0.3 is 0 Å². The number of halogens is 1. The molecule has 1 aromatic carbocycles. The summed E-state index contributed by atoms with van der Waals surface area (Å²) in [6.45, 7) is 3.80. The average molecular weight is 269 g/mol. The monoisotopic (exact) mass is 268 g/mol. The van der Waals surface area contributed by atoms with Crippen LogP contribution in [0.15, 0.2) is 40.8 Å². The first-order valence-electron chi connectivity index (χ1n) is 4.85. The van der Waals surface area contributed by atoms with Crippen LogP contribution in [-0.2, 0) is 15.9 Å². The van der Waals surface area contributed by atoms with E-state index in [1.165, 1.54) is 5.56 Å². The molecule has 2 nitrogen and oxygen atoms in total. The van der Waals surface area contributed by atoms with Crippen molar-refractivity contribution >= 4 is 15.9 Å². The Kier molecular flexibility index (Phi) is 2.74. The van der Waals surface area contributed by atoms with Crippen molar-refractivity contribution < 1.29 is 9.47 Å². The van der Waals surface area contributed by atoms with Crippen LogP contribution in [-0.4, -0.2) is 5.79 Å². The van der Waals surface area contributed by atoms with Crippen LogP contribution < -0.4 is 0 Å². The SMILES string of the molecule is CC1(C)OC=C(Cc2ccc(Br)cc2)O1. The van der Waals surface area contributed by atoms with Gasteiger partial charge < -0.3 is 9.47 Å². The maximum Gasteiger partial charge on any atom is 0.244 e. The van der Waals surface area contributed by atoms with E-state index in [-0.39, 0.29) is 0 Å². The Morgan fingerprint density at radius 3 is 2.40 bits per heavy atom. The van der Waals surface area contributed by atoms with Crippen LogP contribution in [0.3, 0.4) is 0 Å². The van der Waals surface area contributed by atoms with Gasteiger partial charge in [-0.05, 0) is 17.7 Å². The van der Waals surface area contributed by atoms with Crippen molar-refractivity contribution in [2.24, 2.45) is 0 Å². The van der Waals surface area contributed by atoms with Crippen LogP contribution in [0.5, 0.6) is 0 Å². The highest BCUT2D eigenvalue weighted by molar-refractivity contribution is 9.10. The molecule has 0 aromatic heterocycles. The molecule has 0 N–H and O–H groups in total. The molecule has 0 unspecified atom stereocenters. The van der Waals surface area contributed by atoms with Gasteiger partial charge in [0.05, 0.1) is 0 Å². The van der Waals surface area contributed by atoms with Crippen LogP contribution in [0.25, 0.3) is 0 Å². The predicted octanol–water partition coefficient (Wildman–Crippen LogP) is 3.62. The van der Waals surface area contributed by atoms with E-state index in [1.807, 2.05) is 26.0 Å². The molecule has 15 heavy (non-hydrogen) atoms. The molecular formula is C12H13BrO2. The van der Waals surface area contributed by atoms with E-state index in [9.17, 15) is 0 Å². The molecule has 0 bridgehead atoms. The quantitative estimate of drug-likeness (QED) is 0.816. The van der Waals surface area contributed by atoms with Crippen molar-refractivity contribution in [2.75, 3.05) is 0 Å². The second-order valence-electron chi connectivity index (χ2n) is 4.01. The number of rotatable bonds is 2. The first-order chi connectivity index (χ1) is 7.05. The lowest BCUT2D eigenvalue weighted by atomic mass is 10.1. The smallest absolute Gasteiger partial charge is 0.244 e. The van der Waals surface area contributed by atoms with E-state index in [2.05, 4.69) is 28.1 Å². The maximum atomic E-state index is 5.61. The van der Waals surface area contributed by atoms with Gasteiger partial charge in [-0.15, -0.1) is 0 Å². The molecular weight excluding hydrogens is 256 g/mol. The minimum absolute atomic E-state index is 0.509. The molecule has 1 aliphatic heterocycles. The Balaban J connectivity index is 2.02. The van der Waals surface area contributed by atoms with Gasteiger partial charge in [-0.1, -0.05) is 28.1 Å². The van der Waals surface area contributed by atoms with Gasteiger partial charge in [-0.2, -0.15) is 0 Å². The summed E-state index contributed by atoms with van der Waals surface area (Å²) < 4.78 is 12.1. The highest BCUT2D eigenvalue weighted by Crippen LogP contribution is 2.26. The molecule has 1 aromatic rings. The number of benzene rings is 1. The summed E-state index contributed by atoms with van der Waals surface area (Å²) >= 11 is 3.41.